The number of carbonyl (C=O) groups is 1. The van der Waals surface area contributed by atoms with Gasteiger partial charge < -0.3 is 0 Å². The summed E-state index contributed by atoms with van der Waals surface area (Å²) in [6, 6.07) is 12.3. The maximum absolute atomic E-state index is 12.6. The maximum atomic E-state index is 12.6. The Hall–Kier alpha value is -3.88. The molecule has 9 nitrogen and oxygen atoms in total. The Morgan fingerprint density at radius 1 is 1.18 bits per heavy atom. The molecule has 1 N–H and O–H groups in total. The second-order valence-electron chi connectivity index (χ2n) is 6.29. The fraction of sp³-hybridized carbons (Fsp3) is 0.158. The molecule has 1 aromatic heterocycles. The molecular weight excluding hydrogens is 362 g/mol. The molecule has 0 aliphatic carbocycles. The lowest BCUT2D eigenvalue weighted by molar-refractivity contribution is -0.384. The number of non-ortho nitro benzene ring substituents is 1. The third-order valence-electron chi connectivity index (χ3n) is 4.02. The highest BCUT2D eigenvalue weighted by Gasteiger charge is 2.17. The summed E-state index contributed by atoms with van der Waals surface area (Å²) in [5, 5.41) is 19.6. The molecule has 0 saturated heterocycles. The zero-order valence-electron chi connectivity index (χ0n) is 15.2. The van der Waals surface area contributed by atoms with Gasteiger partial charge >= 0.3 is 0 Å². The molecule has 3 aromatic rings. The molecule has 28 heavy (non-hydrogen) atoms. The average molecular weight is 379 g/mol. The number of nitro benzene ring substituents is 1. The summed E-state index contributed by atoms with van der Waals surface area (Å²) >= 11 is 0. The summed E-state index contributed by atoms with van der Waals surface area (Å²) in [5.41, 5.74) is 2.75. The fourth-order valence-electron chi connectivity index (χ4n) is 2.62. The van der Waals surface area contributed by atoms with Gasteiger partial charge in [-0.2, -0.15) is 10.2 Å². The summed E-state index contributed by atoms with van der Waals surface area (Å²) < 4.78 is 1.26. The topological polar surface area (TPSA) is 119 Å². The van der Waals surface area contributed by atoms with E-state index < -0.39 is 10.8 Å². The first kappa shape index (κ1) is 18.9. The van der Waals surface area contributed by atoms with Crippen molar-refractivity contribution in [2.24, 2.45) is 5.10 Å². The van der Waals surface area contributed by atoms with Crippen LogP contribution in [0.3, 0.4) is 0 Å². The summed E-state index contributed by atoms with van der Waals surface area (Å²) in [5.74, 6) is -0.566. The highest BCUT2D eigenvalue weighted by Crippen LogP contribution is 2.15. The lowest BCUT2D eigenvalue weighted by atomic mass is 10.1. The highest BCUT2D eigenvalue weighted by atomic mass is 16.6. The molecule has 0 aliphatic rings. The maximum Gasteiger partial charge on any atom is 0.292 e. The molecular formula is C19H17N5O4. The van der Waals surface area contributed by atoms with Crippen LogP contribution >= 0.6 is 0 Å². The first-order chi connectivity index (χ1) is 13.4. The molecule has 0 aliphatic heterocycles. The van der Waals surface area contributed by atoms with Crippen LogP contribution in [0, 0.1) is 10.1 Å². The summed E-state index contributed by atoms with van der Waals surface area (Å²) in [6.07, 6.45) is 1.36. The number of nitrogens with one attached hydrogen (secondary N) is 1. The van der Waals surface area contributed by atoms with E-state index in [0.29, 0.717) is 16.3 Å². The van der Waals surface area contributed by atoms with Crippen molar-refractivity contribution in [2.75, 3.05) is 0 Å². The van der Waals surface area contributed by atoms with Gasteiger partial charge in [0, 0.05) is 17.5 Å². The second-order valence-corrected chi connectivity index (χ2v) is 6.29. The molecule has 0 saturated carbocycles. The monoisotopic (exact) mass is 379 g/mol. The van der Waals surface area contributed by atoms with E-state index in [1.807, 2.05) is 0 Å². The molecule has 0 spiro atoms. The van der Waals surface area contributed by atoms with Crippen LogP contribution in [0.2, 0.25) is 0 Å². The van der Waals surface area contributed by atoms with Gasteiger partial charge in [0.1, 0.15) is 0 Å². The predicted molar refractivity (Wildman–Crippen MR) is 105 cm³/mol. The van der Waals surface area contributed by atoms with Crippen LogP contribution in [0.15, 0.2) is 58.4 Å². The van der Waals surface area contributed by atoms with Gasteiger partial charge in [0.25, 0.3) is 17.2 Å². The van der Waals surface area contributed by atoms with Crippen molar-refractivity contribution in [2.45, 2.75) is 19.9 Å². The van der Waals surface area contributed by atoms with Crippen LogP contribution in [-0.4, -0.2) is 26.8 Å². The summed E-state index contributed by atoms with van der Waals surface area (Å²) in [4.78, 5) is 35.3. The molecule has 2 aromatic carbocycles. The molecule has 0 atom stereocenters. The van der Waals surface area contributed by atoms with E-state index >= 15 is 0 Å². The van der Waals surface area contributed by atoms with Gasteiger partial charge in [0.2, 0.25) is 0 Å². The van der Waals surface area contributed by atoms with Gasteiger partial charge in [-0.3, -0.25) is 19.7 Å². The van der Waals surface area contributed by atoms with Crippen molar-refractivity contribution in [3.8, 4) is 0 Å². The standard InChI is InChI=1S/C19H17N5O4/c1-12(2)23-19(26)16-6-4-3-5-15(16)17(22-23)18(25)21-20-11-13-7-9-14(10-8-13)24(27)28/h3-12H,1-2H3,(H,21,25)/b20-11-. The first-order valence-corrected chi connectivity index (χ1v) is 8.48. The number of benzene rings is 2. The first-order valence-electron chi connectivity index (χ1n) is 8.48. The van der Waals surface area contributed by atoms with Gasteiger partial charge in [0.15, 0.2) is 5.69 Å². The van der Waals surface area contributed by atoms with Gasteiger partial charge in [0.05, 0.1) is 22.6 Å². The molecule has 9 heteroatoms. The number of hydrogen-bond donors (Lipinski definition) is 1. The van der Waals surface area contributed by atoms with Gasteiger partial charge in [-0.05, 0) is 37.6 Å². The number of fused-ring (bicyclic) bond motifs is 1. The SMILES string of the molecule is CC(C)n1nc(C(=O)N/N=C\c2ccc([N+](=O)[O-])cc2)c2ccccc2c1=O. The molecule has 0 bridgehead atoms. The molecule has 1 heterocycles. The van der Waals surface area contributed by atoms with E-state index in [1.54, 1.807) is 38.1 Å². The molecule has 0 fully saturated rings. The van der Waals surface area contributed by atoms with Crippen LogP contribution in [0.5, 0.6) is 0 Å². The molecule has 0 unspecified atom stereocenters. The van der Waals surface area contributed by atoms with Gasteiger partial charge in [-0.1, -0.05) is 18.2 Å². The van der Waals surface area contributed by atoms with Crippen molar-refractivity contribution in [1.29, 1.82) is 0 Å². The summed E-state index contributed by atoms with van der Waals surface area (Å²) in [6.45, 7) is 3.61. The predicted octanol–water partition coefficient (Wildman–Crippen LogP) is 2.65. The van der Waals surface area contributed by atoms with Crippen molar-refractivity contribution < 1.29 is 9.72 Å². The van der Waals surface area contributed by atoms with Crippen molar-refractivity contribution >= 4 is 28.6 Å². The largest absolute Gasteiger partial charge is 0.292 e. The summed E-state index contributed by atoms with van der Waals surface area (Å²) in [7, 11) is 0. The van der Waals surface area contributed by atoms with E-state index in [0.717, 1.165) is 0 Å². The Kier molecular flexibility index (Phi) is 5.25. The lowest BCUT2D eigenvalue weighted by Crippen LogP contribution is -2.30. The Labute approximate surface area is 159 Å². The smallest absolute Gasteiger partial charge is 0.267 e. The Morgan fingerprint density at radius 3 is 2.43 bits per heavy atom. The molecule has 1 amide bonds. The number of nitro groups is 1. The lowest BCUT2D eigenvalue weighted by Gasteiger charge is -2.12. The van der Waals surface area contributed by atoms with Gasteiger partial charge in [-0.25, -0.2) is 10.1 Å². The Balaban J connectivity index is 1.88. The van der Waals surface area contributed by atoms with Crippen LogP contribution in [0.4, 0.5) is 5.69 Å². The third-order valence-corrected chi connectivity index (χ3v) is 4.02. The minimum absolute atomic E-state index is 0.0344. The number of rotatable bonds is 5. The number of hydrazone groups is 1. The number of carbonyl (C=O) groups excluding carboxylic acids is 1. The number of aromatic nitrogens is 2. The molecule has 0 radical (unpaired) electrons. The van der Waals surface area contributed by atoms with E-state index in [-0.39, 0.29) is 23.0 Å². The number of amides is 1. The van der Waals surface area contributed by atoms with E-state index in [1.165, 1.54) is 35.2 Å². The zero-order chi connectivity index (χ0) is 20.3. The minimum Gasteiger partial charge on any atom is -0.267 e. The normalized spacial score (nSPS) is 11.2. The van der Waals surface area contributed by atoms with Crippen LogP contribution in [0.1, 0.15) is 35.9 Å². The number of hydrogen-bond acceptors (Lipinski definition) is 6. The van der Waals surface area contributed by atoms with Crippen LogP contribution in [-0.2, 0) is 0 Å². The Morgan fingerprint density at radius 2 is 1.82 bits per heavy atom. The van der Waals surface area contributed by atoms with Crippen molar-refractivity contribution in [3.05, 3.63) is 80.3 Å². The van der Waals surface area contributed by atoms with Crippen molar-refractivity contribution in [1.82, 2.24) is 15.2 Å². The zero-order valence-corrected chi connectivity index (χ0v) is 15.2. The molecule has 3 rings (SSSR count). The van der Waals surface area contributed by atoms with Crippen molar-refractivity contribution in [3.63, 3.8) is 0 Å². The van der Waals surface area contributed by atoms with Crippen LogP contribution < -0.4 is 11.0 Å². The van der Waals surface area contributed by atoms with Crippen LogP contribution in [0.25, 0.3) is 10.8 Å². The fourth-order valence-corrected chi connectivity index (χ4v) is 2.62. The molecule has 142 valence electrons. The average Bonchev–Trinajstić information content (AvgIpc) is 2.68. The number of nitrogens with zero attached hydrogens (tertiary/aromatic N) is 4. The highest BCUT2D eigenvalue weighted by molar-refractivity contribution is 6.04. The van der Waals surface area contributed by atoms with Gasteiger partial charge in [-0.15, -0.1) is 0 Å². The van der Waals surface area contributed by atoms with E-state index in [9.17, 15) is 19.7 Å². The quantitative estimate of drug-likeness (QED) is 0.415. The minimum atomic E-state index is -0.566. The van der Waals surface area contributed by atoms with E-state index in [4.69, 9.17) is 0 Å². The second kappa shape index (κ2) is 7.78. The Bertz CT molecular complexity index is 1130. The third kappa shape index (κ3) is 3.78. The van der Waals surface area contributed by atoms with E-state index in [2.05, 4.69) is 15.6 Å².